The number of anilines is 1. The van der Waals surface area contributed by atoms with Gasteiger partial charge in [0.2, 0.25) is 0 Å². The molecule has 0 unspecified atom stereocenters. The quantitative estimate of drug-likeness (QED) is 0.179. The van der Waals surface area contributed by atoms with Crippen molar-refractivity contribution in [3.05, 3.63) is 120 Å². The molecule has 0 saturated carbocycles. The lowest BCUT2D eigenvalue weighted by Crippen LogP contribution is -2.28. The van der Waals surface area contributed by atoms with Crippen LogP contribution in [0.3, 0.4) is 0 Å². The van der Waals surface area contributed by atoms with Crippen molar-refractivity contribution in [2.45, 2.75) is 6.61 Å². The summed E-state index contributed by atoms with van der Waals surface area (Å²) in [6.45, 7) is 0.373. The number of amidine groups is 1. The van der Waals surface area contributed by atoms with Crippen molar-refractivity contribution >= 4 is 95.3 Å². The van der Waals surface area contributed by atoms with Gasteiger partial charge in [-0.2, -0.15) is 0 Å². The Morgan fingerprint density at radius 1 is 0.925 bits per heavy atom. The molecule has 10 heteroatoms. The zero-order valence-electron chi connectivity index (χ0n) is 20.9. The summed E-state index contributed by atoms with van der Waals surface area (Å²) in [6.07, 6.45) is 1.81. The summed E-state index contributed by atoms with van der Waals surface area (Å²) in [7, 11) is 1.58. The molecule has 0 aliphatic carbocycles. The predicted molar refractivity (Wildman–Crippen MR) is 172 cm³/mol. The van der Waals surface area contributed by atoms with Gasteiger partial charge in [0.1, 0.15) is 6.61 Å². The standard InChI is InChI=1S/C30H20Br2Cl2N2O3S/c1-38-26-15-19(14-25(32)28(26)39-17-18-2-4-20(31)5-3-18)16-27-29(37)36(24-12-8-22(34)9-13-24)30(40-27)35-23-10-6-21(33)7-11-23/h2-16H,17H2,1H3/b27-16-,35-30?. The highest BCUT2D eigenvalue weighted by Gasteiger charge is 2.35. The van der Waals surface area contributed by atoms with Crippen molar-refractivity contribution in [1.82, 2.24) is 0 Å². The van der Waals surface area contributed by atoms with Gasteiger partial charge < -0.3 is 9.47 Å². The molecule has 1 saturated heterocycles. The molecule has 4 aromatic rings. The zero-order valence-corrected chi connectivity index (χ0v) is 26.4. The summed E-state index contributed by atoms with van der Waals surface area (Å²) >= 11 is 20.5. The number of hydrogen-bond acceptors (Lipinski definition) is 5. The second-order valence-corrected chi connectivity index (χ2v) is 12.2. The third kappa shape index (κ3) is 6.75. The Morgan fingerprint density at radius 3 is 2.23 bits per heavy atom. The van der Waals surface area contributed by atoms with Crippen LogP contribution >= 0.6 is 66.8 Å². The van der Waals surface area contributed by atoms with E-state index >= 15 is 0 Å². The van der Waals surface area contributed by atoms with Gasteiger partial charge in [0.25, 0.3) is 5.91 Å². The summed E-state index contributed by atoms with van der Waals surface area (Å²) < 4.78 is 13.4. The van der Waals surface area contributed by atoms with Crippen LogP contribution in [-0.4, -0.2) is 18.2 Å². The van der Waals surface area contributed by atoms with Gasteiger partial charge >= 0.3 is 0 Å². The highest BCUT2D eigenvalue weighted by Crippen LogP contribution is 2.41. The number of thioether (sulfide) groups is 1. The molecule has 5 nitrogen and oxygen atoms in total. The Bertz CT molecular complexity index is 1610. The van der Waals surface area contributed by atoms with Gasteiger partial charge in [-0.3, -0.25) is 9.69 Å². The molecular formula is C30H20Br2Cl2N2O3S. The Labute approximate surface area is 263 Å². The van der Waals surface area contributed by atoms with Gasteiger partial charge in [-0.1, -0.05) is 51.3 Å². The van der Waals surface area contributed by atoms with Crippen LogP contribution in [0.25, 0.3) is 6.08 Å². The Kier molecular flexibility index (Phi) is 9.23. The molecule has 0 bridgehead atoms. The molecule has 1 fully saturated rings. The molecule has 40 heavy (non-hydrogen) atoms. The first-order valence-corrected chi connectivity index (χ1v) is 15.0. The number of methoxy groups -OCH3 is 1. The number of benzene rings is 4. The van der Waals surface area contributed by atoms with Gasteiger partial charge in [-0.05, 0) is 118 Å². The second kappa shape index (κ2) is 12.8. The van der Waals surface area contributed by atoms with Crippen LogP contribution in [-0.2, 0) is 11.4 Å². The largest absolute Gasteiger partial charge is 0.493 e. The monoisotopic (exact) mass is 716 g/mol. The Balaban J connectivity index is 1.46. The topological polar surface area (TPSA) is 51.1 Å². The van der Waals surface area contributed by atoms with E-state index in [0.29, 0.717) is 54.1 Å². The Morgan fingerprint density at radius 2 is 1.57 bits per heavy atom. The van der Waals surface area contributed by atoms with E-state index in [-0.39, 0.29) is 5.91 Å². The van der Waals surface area contributed by atoms with Crippen LogP contribution in [0.5, 0.6) is 11.5 Å². The van der Waals surface area contributed by atoms with E-state index in [4.69, 9.17) is 37.7 Å². The van der Waals surface area contributed by atoms with Crippen LogP contribution in [0.1, 0.15) is 11.1 Å². The number of halogens is 4. The number of nitrogens with zero attached hydrogens (tertiary/aromatic N) is 2. The fraction of sp³-hybridized carbons (Fsp3) is 0.0667. The van der Waals surface area contributed by atoms with Gasteiger partial charge in [0.15, 0.2) is 16.7 Å². The predicted octanol–water partition coefficient (Wildman–Crippen LogP) is 9.91. The minimum absolute atomic E-state index is 0.203. The van der Waals surface area contributed by atoms with Crippen LogP contribution in [0, 0.1) is 0 Å². The van der Waals surface area contributed by atoms with E-state index in [9.17, 15) is 4.79 Å². The second-order valence-electron chi connectivity index (χ2n) is 8.55. The summed E-state index contributed by atoms with van der Waals surface area (Å²) in [4.78, 5) is 20.5. The van der Waals surface area contributed by atoms with Crippen LogP contribution in [0.4, 0.5) is 11.4 Å². The van der Waals surface area contributed by atoms with E-state index in [1.807, 2.05) is 42.5 Å². The van der Waals surface area contributed by atoms with Gasteiger partial charge in [0.05, 0.1) is 27.9 Å². The maximum absolute atomic E-state index is 13.7. The van der Waals surface area contributed by atoms with Crippen molar-refractivity contribution in [1.29, 1.82) is 0 Å². The molecule has 202 valence electrons. The van der Waals surface area contributed by atoms with Crippen LogP contribution in [0.15, 0.2) is 104 Å². The molecule has 1 aliphatic heterocycles. The lowest BCUT2D eigenvalue weighted by Gasteiger charge is -2.16. The summed E-state index contributed by atoms with van der Waals surface area (Å²) in [5, 5.41) is 1.70. The van der Waals surface area contributed by atoms with Gasteiger partial charge in [0, 0.05) is 14.5 Å². The molecule has 4 aromatic carbocycles. The van der Waals surface area contributed by atoms with E-state index < -0.39 is 0 Å². The van der Waals surface area contributed by atoms with Crippen molar-refractivity contribution in [2.24, 2.45) is 4.99 Å². The van der Waals surface area contributed by atoms with Crippen molar-refractivity contribution in [3.63, 3.8) is 0 Å². The van der Waals surface area contributed by atoms with Crippen molar-refractivity contribution < 1.29 is 14.3 Å². The SMILES string of the molecule is COc1cc(/C=C2\SC(=Nc3ccc(Cl)cc3)N(c3ccc(Cl)cc3)C2=O)cc(Br)c1OCc1ccc(Br)cc1. The molecule has 0 atom stereocenters. The lowest BCUT2D eigenvalue weighted by molar-refractivity contribution is -0.113. The highest BCUT2D eigenvalue weighted by atomic mass is 79.9. The number of aliphatic imine (C=N–C) groups is 1. The fourth-order valence-corrected chi connectivity index (χ4v) is 5.93. The Hall–Kier alpha value is -2.75. The molecule has 1 amide bonds. The minimum atomic E-state index is -0.203. The molecule has 5 rings (SSSR count). The van der Waals surface area contributed by atoms with Gasteiger partial charge in [-0.25, -0.2) is 4.99 Å². The molecule has 1 heterocycles. The third-order valence-corrected chi connectivity index (χ3v) is 8.38. The normalized spacial score (nSPS) is 15.2. The van der Waals surface area contributed by atoms with Gasteiger partial charge in [-0.15, -0.1) is 0 Å². The molecule has 0 aromatic heterocycles. The molecule has 0 radical (unpaired) electrons. The smallest absolute Gasteiger partial charge is 0.271 e. The average Bonchev–Trinajstić information content (AvgIpc) is 3.24. The first-order chi connectivity index (χ1) is 19.3. The zero-order chi connectivity index (χ0) is 28.2. The third-order valence-electron chi connectivity index (χ3n) is 5.79. The van der Waals surface area contributed by atoms with E-state index in [1.54, 1.807) is 60.5 Å². The maximum Gasteiger partial charge on any atom is 0.271 e. The number of hydrogen-bond donors (Lipinski definition) is 0. The van der Waals surface area contributed by atoms with Crippen LogP contribution < -0.4 is 14.4 Å². The van der Waals surface area contributed by atoms with E-state index in [0.717, 1.165) is 15.6 Å². The molecule has 1 aliphatic rings. The van der Waals surface area contributed by atoms with Crippen LogP contribution in [0.2, 0.25) is 10.0 Å². The first-order valence-electron chi connectivity index (χ1n) is 11.9. The fourth-order valence-electron chi connectivity index (χ4n) is 3.84. The molecular weight excluding hydrogens is 699 g/mol. The van der Waals surface area contributed by atoms with E-state index in [1.165, 1.54) is 11.8 Å². The number of amides is 1. The average molecular weight is 719 g/mol. The number of carbonyl (C=O) groups excluding carboxylic acids is 1. The summed E-state index contributed by atoms with van der Waals surface area (Å²) in [5.74, 6) is 0.912. The highest BCUT2D eigenvalue weighted by molar-refractivity contribution is 9.10. The maximum atomic E-state index is 13.7. The summed E-state index contributed by atoms with van der Waals surface area (Å²) in [5.41, 5.74) is 3.12. The minimum Gasteiger partial charge on any atom is -0.493 e. The van der Waals surface area contributed by atoms with Crippen molar-refractivity contribution in [2.75, 3.05) is 12.0 Å². The number of ether oxygens (including phenoxy) is 2. The first kappa shape index (κ1) is 28.8. The van der Waals surface area contributed by atoms with E-state index in [2.05, 4.69) is 31.9 Å². The lowest BCUT2D eigenvalue weighted by atomic mass is 10.1. The molecule has 0 spiro atoms. The molecule has 0 N–H and O–H groups in total. The summed E-state index contributed by atoms with van der Waals surface area (Å²) in [6, 6.07) is 25.8. The number of carbonyl (C=O) groups is 1. The van der Waals surface area contributed by atoms with Crippen molar-refractivity contribution in [3.8, 4) is 11.5 Å². The number of rotatable bonds is 7.